The van der Waals surface area contributed by atoms with Crippen LogP contribution in [-0.4, -0.2) is 63.3 Å². The number of carbonyl (C=O) groups excluding carboxylic acids is 2. The van der Waals surface area contributed by atoms with Gasteiger partial charge in [-0.15, -0.1) is 0 Å². The number of hydrogen-bond acceptors (Lipinski definition) is 4. The summed E-state index contributed by atoms with van der Waals surface area (Å²) in [4.78, 5) is 25.5. The maximum absolute atomic E-state index is 12.3. The lowest BCUT2D eigenvalue weighted by molar-refractivity contribution is -0.133. The third kappa shape index (κ3) is 5.88. The van der Waals surface area contributed by atoms with Gasteiger partial charge in [0.15, 0.2) is 0 Å². The van der Waals surface area contributed by atoms with Gasteiger partial charge in [-0.1, -0.05) is 6.08 Å². The molecule has 0 aliphatic carbocycles. The maximum atomic E-state index is 12.3. The molecule has 3 N–H and O–H groups in total. The van der Waals surface area contributed by atoms with Crippen LogP contribution in [0.3, 0.4) is 0 Å². The van der Waals surface area contributed by atoms with Crippen LogP contribution in [0.1, 0.15) is 18.4 Å². The van der Waals surface area contributed by atoms with E-state index in [-0.39, 0.29) is 31.5 Å². The van der Waals surface area contributed by atoms with Crippen molar-refractivity contribution in [3.8, 4) is 0 Å². The quantitative estimate of drug-likeness (QED) is 0.634. The fraction of sp³-hybridized carbons (Fsp3) is 0.444. The van der Waals surface area contributed by atoms with Crippen molar-refractivity contribution in [1.29, 1.82) is 0 Å². The molecule has 0 bridgehead atoms. The predicted molar refractivity (Wildman–Crippen MR) is 94.4 cm³/mol. The lowest BCUT2D eigenvalue weighted by atomic mass is 9.92. The number of carbonyl (C=O) groups is 2. The van der Waals surface area contributed by atoms with Crippen LogP contribution in [-0.2, 0) is 16.6 Å². The zero-order chi connectivity index (χ0) is 18.3. The van der Waals surface area contributed by atoms with Crippen molar-refractivity contribution in [1.82, 2.24) is 14.8 Å². The van der Waals surface area contributed by atoms with Crippen molar-refractivity contribution in [2.45, 2.75) is 18.4 Å². The molecule has 7 heteroatoms. The predicted octanol–water partition coefficient (Wildman–Crippen LogP) is 0.0565. The van der Waals surface area contributed by atoms with E-state index in [1.807, 2.05) is 30.1 Å². The summed E-state index contributed by atoms with van der Waals surface area (Å²) in [7, 11) is 1.91. The maximum Gasteiger partial charge on any atom is 0.246 e. The van der Waals surface area contributed by atoms with Gasteiger partial charge in [-0.2, -0.15) is 0 Å². The van der Waals surface area contributed by atoms with Crippen molar-refractivity contribution in [2.75, 3.05) is 26.2 Å². The summed E-state index contributed by atoms with van der Waals surface area (Å²) < 4.78 is 1.90. The minimum Gasteiger partial charge on any atom is -0.392 e. The molecule has 2 rings (SSSR count). The van der Waals surface area contributed by atoms with Gasteiger partial charge in [0.1, 0.15) is 0 Å². The summed E-state index contributed by atoms with van der Waals surface area (Å²) >= 11 is 0. The summed E-state index contributed by atoms with van der Waals surface area (Å²) in [6.45, 7) is 0.606. The van der Waals surface area contributed by atoms with Crippen LogP contribution in [0.25, 0.3) is 6.08 Å². The number of nitrogens with one attached hydrogen (secondary N) is 1. The average molecular weight is 347 g/mol. The molecule has 0 spiro atoms. The van der Waals surface area contributed by atoms with Crippen LogP contribution in [0.2, 0.25) is 0 Å². The van der Waals surface area contributed by atoms with Gasteiger partial charge in [-0.25, -0.2) is 0 Å². The summed E-state index contributed by atoms with van der Waals surface area (Å²) in [5, 5.41) is 21.9. The average Bonchev–Trinajstić information content (AvgIpc) is 3.01. The van der Waals surface area contributed by atoms with Crippen LogP contribution in [0.15, 0.2) is 36.7 Å². The number of aryl methyl sites for hydroxylation is 1. The minimum atomic E-state index is -1.14. The van der Waals surface area contributed by atoms with E-state index in [4.69, 9.17) is 5.11 Å². The van der Waals surface area contributed by atoms with Gasteiger partial charge in [0.2, 0.25) is 11.8 Å². The largest absolute Gasteiger partial charge is 0.392 e. The van der Waals surface area contributed by atoms with Crippen LogP contribution >= 0.6 is 0 Å². The Morgan fingerprint density at radius 3 is 2.88 bits per heavy atom. The molecule has 1 fully saturated rings. The van der Waals surface area contributed by atoms with E-state index in [0.717, 1.165) is 5.56 Å². The zero-order valence-corrected chi connectivity index (χ0v) is 14.4. The summed E-state index contributed by atoms with van der Waals surface area (Å²) in [6.07, 6.45) is 10.8. The highest BCUT2D eigenvalue weighted by atomic mass is 16.3. The topological polar surface area (TPSA) is 94.8 Å². The van der Waals surface area contributed by atoms with E-state index in [2.05, 4.69) is 5.32 Å². The molecular formula is C18H25N3O4. The lowest BCUT2D eigenvalue weighted by Gasteiger charge is -2.38. The number of likely N-dealkylation sites (tertiary alicyclic amines) is 1. The molecule has 0 radical (unpaired) electrons. The molecular weight excluding hydrogens is 322 g/mol. The van der Waals surface area contributed by atoms with Gasteiger partial charge >= 0.3 is 0 Å². The van der Waals surface area contributed by atoms with Crippen molar-refractivity contribution < 1.29 is 19.8 Å². The number of β-amino-alcohol motifs (C(OH)–C–C–N with tert-alkyl or cyclic N) is 1. The van der Waals surface area contributed by atoms with Gasteiger partial charge in [0, 0.05) is 44.7 Å². The van der Waals surface area contributed by atoms with Crippen molar-refractivity contribution in [3.63, 3.8) is 0 Å². The molecule has 1 aromatic rings. The highest BCUT2D eigenvalue weighted by molar-refractivity contribution is 5.92. The highest BCUT2D eigenvalue weighted by Crippen LogP contribution is 2.21. The van der Waals surface area contributed by atoms with Gasteiger partial charge < -0.3 is 25.0 Å². The van der Waals surface area contributed by atoms with Gasteiger partial charge in [-0.3, -0.25) is 9.59 Å². The Labute approximate surface area is 147 Å². The molecule has 25 heavy (non-hydrogen) atoms. The Kier molecular flexibility index (Phi) is 6.55. The monoisotopic (exact) mass is 347 g/mol. The third-order valence-corrected chi connectivity index (χ3v) is 4.11. The summed E-state index contributed by atoms with van der Waals surface area (Å²) in [5.74, 6) is -0.539. The van der Waals surface area contributed by atoms with E-state index in [1.54, 1.807) is 11.0 Å². The smallest absolute Gasteiger partial charge is 0.246 e. The standard InChI is InChI=1S/C18H25N3O4/c1-20-10-7-15(12-20)5-6-17(24)21-9-3-8-18(25,14-21)13-19-16(23)4-2-11-22/h2,4-7,10,12,22,25H,3,8-9,11,13-14H2,1H3,(H,19,23)/b4-2+,6-5+. The summed E-state index contributed by atoms with van der Waals surface area (Å²) in [5.41, 5.74) is -0.205. The first-order valence-corrected chi connectivity index (χ1v) is 8.28. The minimum absolute atomic E-state index is 0.0633. The molecule has 1 unspecified atom stereocenters. The second-order valence-corrected chi connectivity index (χ2v) is 6.33. The molecule has 1 aliphatic heterocycles. The van der Waals surface area contributed by atoms with E-state index < -0.39 is 5.60 Å². The van der Waals surface area contributed by atoms with Crippen molar-refractivity contribution >= 4 is 17.9 Å². The fourth-order valence-electron chi connectivity index (χ4n) is 2.81. The molecule has 1 atom stereocenters. The molecule has 2 heterocycles. The first kappa shape index (κ1) is 19.0. The third-order valence-electron chi connectivity index (χ3n) is 4.11. The van der Waals surface area contributed by atoms with E-state index in [0.29, 0.717) is 19.4 Å². The Bertz CT molecular complexity index is 665. The molecule has 0 aromatic carbocycles. The highest BCUT2D eigenvalue weighted by Gasteiger charge is 2.34. The fourth-order valence-corrected chi connectivity index (χ4v) is 2.81. The van der Waals surface area contributed by atoms with Crippen molar-refractivity contribution in [2.24, 2.45) is 7.05 Å². The van der Waals surface area contributed by atoms with E-state index in [1.165, 1.54) is 18.2 Å². The summed E-state index contributed by atoms with van der Waals surface area (Å²) in [6, 6.07) is 1.91. The second-order valence-electron chi connectivity index (χ2n) is 6.33. The van der Waals surface area contributed by atoms with Gasteiger partial charge in [-0.05, 0) is 30.5 Å². The first-order valence-electron chi connectivity index (χ1n) is 8.28. The number of aliphatic hydroxyl groups is 2. The van der Waals surface area contributed by atoms with Crippen LogP contribution in [0.5, 0.6) is 0 Å². The molecule has 1 aliphatic rings. The number of amides is 2. The van der Waals surface area contributed by atoms with Crippen LogP contribution < -0.4 is 5.32 Å². The Morgan fingerprint density at radius 1 is 1.40 bits per heavy atom. The van der Waals surface area contributed by atoms with Gasteiger partial charge in [0.05, 0.1) is 18.8 Å². The number of piperidine rings is 1. The first-order chi connectivity index (χ1) is 11.9. The number of rotatable bonds is 6. The molecule has 136 valence electrons. The molecule has 1 saturated heterocycles. The Morgan fingerprint density at radius 2 is 2.20 bits per heavy atom. The zero-order valence-electron chi connectivity index (χ0n) is 14.4. The van der Waals surface area contributed by atoms with Crippen molar-refractivity contribution in [3.05, 3.63) is 42.3 Å². The van der Waals surface area contributed by atoms with E-state index >= 15 is 0 Å². The normalized spacial score (nSPS) is 21.2. The SMILES string of the molecule is Cn1ccc(/C=C/C(=O)N2CCCC(O)(CNC(=O)/C=C/CO)C2)c1. The number of nitrogens with zero attached hydrogens (tertiary/aromatic N) is 2. The van der Waals surface area contributed by atoms with Gasteiger partial charge in [0.25, 0.3) is 0 Å². The second kappa shape index (κ2) is 8.64. The van der Waals surface area contributed by atoms with Crippen LogP contribution in [0, 0.1) is 0 Å². The number of aromatic nitrogens is 1. The Hall–Kier alpha value is -2.38. The Balaban J connectivity index is 1.90. The van der Waals surface area contributed by atoms with E-state index in [9.17, 15) is 14.7 Å². The molecule has 0 saturated carbocycles. The molecule has 1 aromatic heterocycles. The lowest BCUT2D eigenvalue weighted by Crippen LogP contribution is -2.55. The number of hydrogen-bond donors (Lipinski definition) is 3. The number of aliphatic hydroxyl groups excluding tert-OH is 1. The molecule has 2 amide bonds. The molecule has 7 nitrogen and oxygen atoms in total. The van der Waals surface area contributed by atoms with Crippen LogP contribution in [0.4, 0.5) is 0 Å².